The van der Waals surface area contributed by atoms with E-state index < -0.39 is 6.09 Å². The highest BCUT2D eigenvalue weighted by Crippen LogP contribution is 2.27. The second kappa shape index (κ2) is 9.61. The Labute approximate surface area is 128 Å². The molecule has 1 aromatic carbocycles. The van der Waals surface area contributed by atoms with E-state index in [0.717, 1.165) is 18.3 Å². The van der Waals surface area contributed by atoms with Crippen LogP contribution in [0.1, 0.15) is 24.3 Å². The molecule has 0 aliphatic heterocycles. The van der Waals surface area contributed by atoms with E-state index >= 15 is 0 Å². The summed E-state index contributed by atoms with van der Waals surface area (Å²) in [6, 6.07) is 7.14. The van der Waals surface area contributed by atoms with Crippen molar-refractivity contribution < 1.29 is 14.3 Å². The predicted octanol–water partition coefficient (Wildman–Crippen LogP) is 3.78. The Bertz CT molecular complexity index is 440. The molecule has 0 aliphatic carbocycles. The number of benzene rings is 1. The lowest BCUT2D eigenvalue weighted by Crippen LogP contribution is -2.17. The maximum absolute atomic E-state index is 11.5. The number of carbonyl (C=O) groups excluding carboxylic acids is 2. The smallest absolute Gasteiger partial charge is 0.411 e. The Kier molecular flexibility index (Phi) is 8.07. The molecule has 0 bridgehead atoms. The van der Waals surface area contributed by atoms with Gasteiger partial charge in [0, 0.05) is 17.5 Å². The number of ether oxygens (including phenoxy) is 1. The molecule has 1 rings (SSSR count). The Balaban J connectivity index is 2.80. The summed E-state index contributed by atoms with van der Waals surface area (Å²) in [6.45, 7) is 0.138. The second-order valence-corrected chi connectivity index (χ2v) is 4.87. The molecule has 6 heteroatoms. The van der Waals surface area contributed by atoms with Crippen molar-refractivity contribution in [2.24, 2.45) is 0 Å². The molecule has 20 heavy (non-hydrogen) atoms. The van der Waals surface area contributed by atoms with Gasteiger partial charge in [0.15, 0.2) is 0 Å². The number of hydrogen-bond donors (Lipinski definition) is 1. The normalized spacial score (nSPS) is 11.7. The van der Waals surface area contributed by atoms with Crippen LogP contribution in [0.5, 0.6) is 0 Å². The topological polar surface area (TPSA) is 55.4 Å². The minimum absolute atomic E-state index is 0.138. The van der Waals surface area contributed by atoms with Gasteiger partial charge in [-0.1, -0.05) is 18.2 Å². The summed E-state index contributed by atoms with van der Waals surface area (Å²) in [4.78, 5) is 22.8. The van der Waals surface area contributed by atoms with Crippen LogP contribution in [-0.2, 0) is 9.53 Å². The SMILES string of the molecule is O=CC(CCCCl)c1ccccc1NC(=O)OCCCl. The Morgan fingerprint density at radius 1 is 1.30 bits per heavy atom. The van der Waals surface area contributed by atoms with E-state index in [-0.39, 0.29) is 18.4 Å². The average molecular weight is 318 g/mol. The Hall–Kier alpha value is -1.26. The average Bonchev–Trinajstić information content (AvgIpc) is 2.47. The van der Waals surface area contributed by atoms with Crippen LogP contribution in [0, 0.1) is 0 Å². The van der Waals surface area contributed by atoms with Gasteiger partial charge in [-0.3, -0.25) is 5.32 Å². The molecule has 0 fully saturated rings. The number of rotatable bonds is 8. The largest absolute Gasteiger partial charge is 0.448 e. The summed E-state index contributed by atoms with van der Waals surface area (Å²) >= 11 is 11.1. The van der Waals surface area contributed by atoms with Gasteiger partial charge in [0.05, 0.1) is 5.88 Å². The minimum atomic E-state index is -0.583. The first-order chi connectivity index (χ1) is 9.72. The van der Waals surface area contributed by atoms with Crippen LogP contribution < -0.4 is 5.32 Å². The van der Waals surface area contributed by atoms with Crippen LogP contribution in [0.15, 0.2) is 24.3 Å². The fourth-order valence-corrected chi connectivity index (χ4v) is 2.04. The zero-order valence-corrected chi connectivity index (χ0v) is 12.5. The molecule has 1 aromatic rings. The van der Waals surface area contributed by atoms with E-state index in [1.54, 1.807) is 12.1 Å². The Morgan fingerprint density at radius 2 is 2.05 bits per heavy atom. The van der Waals surface area contributed by atoms with Gasteiger partial charge in [-0.15, -0.1) is 23.2 Å². The predicted molar refractivity (Wildman–Crippen MR) is 80.9 cm³/mol. The number of aldehydes is 1. The van der Waals surface area contributed by atoms with Crippen molar-refractivity contribution >= 4 is 41.3 Å². The number of alkyl halides is 2. The van der Waals surface area contributed by atoms with Gasteiger partial charge in [0.2, 0.25) is 0 Å². The fraction of sp³-hybridized carbons (Fsp3) is 0.429. The summed E-state index contributed by atoms with van der Waals surface area (Å²) < 4.78 is 4.85. The lowest BCUT2D eigenvalue weighted by Gasteiger charge is -2.15. The second-order valence-electron chi connectivity index (χ2n) is 4.11. The monoisotopic (exact) mass is 317 g/mol. The molecular formula is C14H17Cl2NO3. The molecule has 0 saturated heterocycles. The van der Waals surface area contributed by atoms with Crippen LogP contribution in [0.4, 0.5) is 10.5 Å². The molecular weight excluding hydrogens is 301 g/mol. The van der Waals surface area contributed by atoms with Crippen molar-refractivity contribution in [2.75, 3.05) is 23.7 Å². The maximum atomic E-state index is 11.5. The maximum Gasteiger partial charge on any atom is 0.411 e. The first-order valence-corrected chi connectivity index (χ1v) is 7.39. The lowest BCUT2D eigenvalue weighted by atomic mass is 9.94. The first-order valence-electron chi connectivity index (χ1n) is 6.32. The van der Waals surface area contributed by atoms with Crippen LogP contribution in [-0.4, -0.2) is 30.7 Å². The molecule has 0 aromatic heterocycles. The summed E-state index contributed by atoms with van der Waals surface area (Å²) in [5.74, 6) is 0.442. The fourth-order valence-electron chi connectivity index (χ4n) is 1.81. The van der Waals surface area contributed by atoms with Crippen molar-refractivity contribution in [3.63, 3.8) is 0 Å². The van der Waals surface area contributed by atoms with Crippen LogP contribution in [0.3, 0.4) is 0 Å². The van der Waals surface area contributed by atoms with Crippen molar-refractivity contribution in [3.05, 3.63) is 29.8 Å². The molecule has 1 atom stereocenters. The van der Waals surface area contributed by atoms with E-state index in [2.05, 4.69) is 5.32 Å². The molecule has 0 heterocycles. The standard InChI is InChI=1S/C14H17Cl2NO3/c15-7-3-4-11(10-18)12-5-1-2-6-13(12)17-14(19)20-9-8-16/h1-2,5-6,10-11H,3-4,7-9H2,(H,17,19). The number of carbonyl (C=O) groups is 2. The lowest BCUT2D eigenvalue weighted by molar-refractivity contribution is -0.109. The molecule has 110 valence electrons. The number of amides is 1. The molecule has 4 nitrogen and oxygen atoms in total. The van der Waals surface area contributed by atoms with Crippen molar-refractivity contribution in [1.82, 2.24) is 0 Å². The molecule has 0 radical (unpaired) electrons. The summed E-state index contributed by atoms with van der Waals surface area (Å²) in [5.41, 5.74) is 1.33. The number of anilines is 1. The van der Waals surface area contributed by atoms with Crippen molar-refractivity contribution in [1.29, 1.82) is 0 Å². The van der Waals surface area contributed by atoms with E-state index in [1.165, 1.54) is 0 Å². The first kappa shape index (κ1) is 16.8. The zero-order chi connectivity index (χ0) is 14.8. The minimum Gasteiger partial charge on any atom is -0.448 e. The molecule has 0 saturated carbocycles. The molecule has 1 N–H and O–H groups in total. The van der Waals surface area contributed by atoms with E-state index in [9.17, 15) is 9.59 Å². The molecule has 0 spiro atoms. The molecule has 1 amide bonds. The van der Waals surface area contributed by atoms with Gasteiger partial charge < -0.3 is 9.53 Å². The van der Waals surface area contributed by atoms with Crippen LogP contribution in [0.25, 0.3) is 0 Å². The number of halogens is 2. The summed E-state index contributed by atoms with van der Waals surface area (Å²) in [7, 11) is 0. The van der Waals surface area contributed by atoms with Gasteiger partial charge in [0.1, 0.15) is 12.9 Å². The van der Waals surface area contributed by atoms with Crippen molar-refractivity contribution in [3.8, 4) is 0 Å². The van der Waals surface area contributed by atoms with Gasteiger partial charge in [-0.25, -0.2) is 4.79 Å². The van der Waals surface area contributed by atoms with Gasteiger partial charge in [0.25, 0.3) is 0 Å². The third-order valence-corrected chi connectivity index (χ3v) is 3.14. The third-order valence-electron chi connectivity index (χ3n) is 2.72. The number of hydrogen-bond acceptors (Lipinski definition) is 3. The van der Waals surface area contributed by atoms with E-state index in [0.29, 0.717) is 18.0 Å². The van der Waals surface area contributed by atoms with Gasteiger partial charge in [-0.05, 0) is 24.5 Å². The zero-order valence-electron chi connectivity index (χ0n) is 11.0. The highest BCUT2D eigenvalue weighted by Gasteiger charge is 2.15. The van der Waals surface area contributed by atoms with Crippen LogP contribution in [0.2, 0.25) is 0 Å². The van der Waals surface area contributed by atoms with Gasteiger partial charge in [-0.2, -0.15) is 0 Å². The summed E-state index contributed by atoms with van der Waals surface area (Å²) in [5, 5.41) is 2.62. The highest BCUT2D eigenvalue weighted by molar-refractivity contribution is 6.18. The molecule has 0 aliphatic rings. The summed E-state index contributed by atoms with van der Waals surface area (Å²) in [6.07, 6.45) is 1.66. The number of para-hydroxylation sites is 1. The van der Waals surface area contributed by atoms with Crippen LogP contribution >= 0.6 is 23.2 Å². The van der Waals surface area contributed by atoms with Gasteiger partial charge >= 0.3 is 6.09 Å². The Morgan fingerprint density at radius 3 is 2.70 bits per heavy atom. The van der Waals surface area contributed by atoms with Crippen molar-refractivity contribution in [2.45, 2.75) is 18.8 Å². The molecule has 1 unspecified atom stereocenters. The number of nitrogens with one attached hydrogen (secondary N) is 1. The highest BCUT2D eigenvalue weighted by atomic mass is 35.5. The van der Waals surface area contributed by atoms with E-state index in [1.807, 2.05) is 12.1 Å². The quantitative estimate of drug-likeness (QED) is 0.586. The third kappa shape index (κ3) is 5.39. The van der Waals surface area contributed by atoms with E-state index in [4.69, 9.17) is 27.9 Å².